The van der Waals surface area contributed by atoms with Gasteiger partial charge in [-0.25, -0.2) is 4.79 Å². The van der Waals surface area contributed by atoms with Gasteiger partial charge >= 0.3 is 6.03 Å². The number of primary amides is 1. The third-order valence-corrected chi connectivity index (χ3v) is 5.69. The summed E-state index contributed by atoms with van der Waals surface area (Å²) in [6.07, 6.45) is 3.42. The van der Waals surface area contributed by atoms with Crippen LogP contribution >= 0.6 is 11.8 Å². The number of aromatic nitrogens is 4. The molecular weight excluding hydrogens is 388 g/mol. The van der Waals surface area contributed by atoms with Gasteiger partial charge in [0.15, 0.2) is 11.0 Å². The summed E-state index contributed by atoms with van der Waals surface area (Å²) in [6.45, 7) is 4.33. The normalized spacial score (nSPS) is 12.0. The number of nitrogens with zero attached hydrogens (tertiary/aromatic N) is 4. The molecule has 0 fully saturated rings. The quantitative estimate of drug-likeness (QED) is 0.579. The number of hydrogen-bond acceptors (Lipinski definition) is 6. The molecule has 3 N–H and O–H groups in total. The highest BCUT2D eigenvalue weighted by Crippen LogP contribution is 2.30. The first-order valence-electron chi connectivity index (χ1n) is 9.10. The van der Waals surface area contributed by atoms with Gasteiger partial charge in [0, 0.05) is 18.0 Å². The Labute approximate surface area is 172 Å². The molecule has 9 heteroatoms. The Bertz CT molecular complexity index is 975. The second-order valence-corrected chi connectivity index (χ2v) is 7.86. The molecule has 150 valence electrons. The number of carbonyl (C=O) groups is 2. The SMILES string of the molecule is CC(C)[C@H](Sc1nnc(-c2cccnc2)n1Cc1ccccc1)C(=O)NC(N)=O. The van der Waals surface area contributed by atoms with E-state index < -0.39 is 17.2 Å². The monoisotopic (exact) mass is 410 g/mol. The van der Waals surface area contributed by atoms with Crippen molar-refractivity contribution in [1.82, 2.24) is 25.1 Å². The summed E-state index contributed by atoms with van der Waals surface area (Å²) in [5.41, 5.74) is 7.01. The van der Waals surface area contributed by atoms with E-state index in [0.717, 1.165) is 11.1 Å². The van der Waals surface area contributed by atoms with E-state index in [1.807, 2.05) is 60.9 Å². The van der Waals surface area contributed by atoms with Gasteiger partial charge < -0.3 is 5.73 Å². The van der Waals surface area contributed by atoms with Gasteiger partial charge in [-0.05, 0) is 23.6 Å². The van der Waals surface area contributed by atoms with Gasteiger partial charge in [0.1, 0.15) is 0 Å². The van der Waals surface area contributed by atoms with Gasteiger partial charge in [0.2, 0.25) is 5.91 Å². The largest absolute Gasteiger partial charge is 0.351 e. The van der Waals surface area contributed by atoms with Crippen molar-refractivity contribution in [1.29, 1.82) is 0 Å². The highest BCUT2D eigenvalue weighted by molar-refractivity contribution is 8.00. The molecule has 2 aromatic heterocycles. The summed E-state index contributed by atoms with van der Waals surface area (Å²) in [7, 11) is 0. The number of pyridine rings is 1. The second kappa shape index (κ2) is 9.33. The average molecular weight is 411 g/mol. The minimum absolute atomic E-state index is 0.0527. The van der Waals surface area contributed by atoms with Crippen LogP contribution in [0.2, 0.25) is 0 Å². The topological polar surface area (TPSA) is 116 Å². The number of benzene rings is 1. The summed E-state index contributed by atoms with van der Waals surface area (Å²) in [6, 6.07) is 12.8. The van der Waals surface area contributed by atoms with Crippen LogP contribution in [0.3, 0.4) is 0 Å². The number of carbonyl (C=O) groups excluding carboxylic acids is 2. The number of urea groups is 1. The van der Waals surface area contributed by atoms with Crippen molar-refractivity contribution in [3.05, 3.63) is 60.4 Å². The number of hydrogen-bond donors (Lipinski definition) is 2. The van der Waals surface area contributed by atoms with Crippen LogP contribution in [-0.4, -0.2) is 36.9 Å². The van der Waals surface area contributed by atoms with Gasteiger partial charge in [-0.1, -0.05) is 55.9 Å². The van der Waals surface area contributed by atoms with E-state index in [0.29, 0.717) is 17.5 Å². The number of imide groups is 1. The maximum Gasteiger partial charge on any atom is 0.318 e. The molecule has 3 amide bonds. The standard InChI is InChI=1S/C20H22N6O2S/c1-13(2)16(18(27)23-19(21)28)29-20-25-24-17(15-9-6-10-22-11-15)26(20)12-14-7-4-3-5-8-14/h3-11,13,16H,12H2,1-2H3,(H3,21,23,27,28)/t16-/m0/s1. The lowest BCUT2D eigenvalue weighted by atomic mass is 10.1. The zero-order chi connectivity index (χ0) is 20.8. The van der Waals surface area contributed by atoms with Crippen molar-refractivity contribution in [2.75, 3.05) is 0 Å². The summed E-state index contributed by atoms with van der Waals surface area (Å²) in [5, 5.41) is 10.9. The van der Waals surface area contributed by atoms with E-state index in [-0.39, 0.29) is 5.92 Å². The maximum atomic E-state index is 12.4. The predicted octanol–water partition coefficient (Wildman–Crippen LogP) is 2.70. The second-order valence-electron chi connectivity index (χ2n) is 6.76. The summed E-state index contributed by atoms with van der Waals surface area (Å²) < 4.78 is 1.95. The fourth-order valence-corrected chi connectivity index (χ4v) is 3.82. The van der Waals surface area contributed by atoms with Crippen molar-refractivity contribution in [2.45, 2.75) is 30.8 Å². The van der Waals surface area contributed by atoms with Crippen molar-refractivity contribution >= 4 is 23.7 Å². The van der Waals surface area contributed by atoms with Crippen LogP contribution in [0.5, 0.6) is 0 Å². The Kier molecular flexibility index (Phi) is 6.61. The molecule has 0 spiro atoms. The van der Waals surface area contributed by atoms with Crippen LogP contribution < -0.4 is 11.1 Å². The van der Waals surface area contributed by atoms with Crippen LogP contribution in [0.4, 0.5) is 4.79 Å². The van der Waals surface area contributed by atoms with E-state index >= 15 is 0 Å². The lowest BCUT2D eigenvalue weighted by Gasteiger charge is -2.19. The van der Waals surface area contributed by atoms with Crippen LogP contribution in [0.15, 0.2) is 60.0 Å². The Hall–Kier alpha value is -3.20. The molecule has 0 saturated heterocycles. The Morgan fingerprint density at radius 3 is 2.52 bits per heavy atom. The first-order chi connectivity index (χ1) is 14.0. The molecule has 1 atom stereocenters. The van der Waals surface area contributed by atoms with Gasteiger partial charge in [0.05, 0.1) is 11.8 Å². The lowest BCUT2D eigenvalue weighted by Crippen LogP contribution is -2.42. The fraction of sp³-hybridized carbons (Fsp3) is 0.250. The van der Waals surface area contributed by atoms with E-state index in [4.69, 9.17) is 5.73 Å². The van der Waals surface area contributed by atoms with Crippen molar-refractivity contribution in [3.63, 3.8) is 0 Å². The third-order valence-electron chi connectivity index (χ3n) is 4.16. The van der Waals surface area contributed by atoms with Crippen LogP contribution in [0.1, 0.15) is 19.4 Å². The molecule has 8 nitrogen and oxygen atoms in total. The number of thioether (sulfide) groups is 1. The zero-order valence-electron chi connectivity index (χ0n) is 16.1. The Balaban J connectivity index is 1.98. The molecule has 0 aliphatic rings. The Morgan fingerprint density at radius 1 is 1.14 bits per heavy atom. The zero-order valence-corrected chi connectivity index (χ0v) is 17.0. The molecular formula is C20H22N6O2S. The van der Waals surface area contributed by atoms with E-state index in [9.17, 15) is 9.59 Å². The summed E-state index contributed by atoms with van der Waals surface area (Å²) in [5.74, 6) is 0.153. The fourth-order valence-electron chi connectivity index (χ4n) is 2.79. The van der Waals surface area contributed by atoms with Crippen LogP contribution in [-0.2, 0) is 11.3 Å². The molecule has 0 saturated carbocycles. The van der Waals surface area contributed by atoms with Gasteiger partial charge in [-0.3, -0.25) is 19.7 Å². The molecule has 0 unspecified atom stereocenters. The number of rotatable bonds is 7. The van der Waals surface area contributed by atoms with Gasteiger partial charge in [-0.15, -0.1) is 10.2 Å². The molecule has 29 heavy (non-hydrogen) atoms. The van der Waals surface area contributed by atoms with Crippen molar-refractivity contribution in [3.8, 4) is 11.4 Å². The third kappa shape index (κ3) is 5.20. The van der Waals surface area contributed by atoms with Crippen molar-refractivity contribution in [2.24, 2.45) is 11.7 Å². The summed E-state index contributed by atoms with van der Waals surface area (Å²) >= 11 is 1.26. The smallest absolute Gasteiger partial charge is 0.318 e. The molecule has 0 radical (unpaired) electrons. The van der Waals surface area contributed by atoms with E-state index in [2.05, 4.69) is 20.5 Å². The molecule has 0 aliphatic carbocycles. The van der Waals surface area contributed by atoms with Crippen LogP contribution in [0, 0.1) is 5.92 Å². The molecule has 0 aliphatic heterocycles. The predicted molar refractivity (Wildman–Crippen MR) is 111 cm³/mol. The first kappa shape index (κ1) is 20.5. The number of nitrogens with two attached hydrogens (primary N) is 1. The molecule has 0 bridgehead atoms. The van der Waals surface area contributed by atoms with Gasteiger partial charge in [-0.2, -0.15) is 0 Å². The highest BCUT2D eigenvalue weighted by Gasteiger charge is 2.28. The Morgan fingerprint density at radius 2 is 1.90 bits per heavy atom. The van der Waals surface area contributed by atoms with Crippen LogP contribution in [0.25, 0.3) is 11.4 Å². The van der Waals surface area contributed by atoms with Gasteiger partial charge in [0.25, 0.3) is 0 Å². The number of amides is 3. The average Bonchev–Trinajstić information content (AvgIpc) is 3.09. The van der Waals surface area contributed by atoms with Crippen molar-refractivity contribution < 1.29 is 9.59 Å². The molecule has 3 aromatic rings. The minimum Gasteiger partial charge on any atom is -0.351 e. The van der Waals surface area contributed by atoms with E-state index in [1.165, 1.54) is 11.8 Å². The molecule has 2 heterocycles. The molecule has 3 rings (SSSR count). The van der Waals surface area contributed by atoms with E-state index in [1.54, 1.807) is 12.4 Å². The minimum atomic E-state index is -0.872. The highest BCUT2D eigenvalue weighted by atomic mass is 32.2. The maximum absolute atomic E-state index is 12.4. The number of nitrogens with one attached hydrogen (secondary N) is 1. The lowest BCUT2D eigenvalue weighted by molar-refractivity contribution is -0.120. The molecule has 1 aromatic carbocycles. The summed E-state index contributed by atoms with van der Waals surface area (Å²) in [4.78, 5) is 27.7. The first-order valence-corrected chi connectivity index (χ1v) is 9.98.